The van der Waals surface area contributed by atoms with Gasteiger partial charge in [-0.1, -0.05) is 0 Å². The summed E-state index contributed by atoms with van der Waals surface area (Å²) in [5.41, 5.74) is -1.85. The van der Waals surface area contributed by atoms with Gasteiger partial charge in [0.25, 0.3) is 10.1 Å². The first kappa shape index (κ1) is 16.0. The molecule has 1 N–H and O–H groups in total. The Kier molecular flexibility index (Phi) is 3.18. The lowest BCUT2D eigenvalue weighted by Crippen LogP contribution is -2.46. The van der Waals surface area contributed by atoms with E-state index in [4.69, 9.17) is 8.74 Å². The standard InChI is InChI=1S/C10H12F2O8S2/c11-10(12,22(16,17)18)4-19-8(13)9-3-5-1-6(9)7(2-5)21(14,15)20-9/h5-7H,1-4H2,(H,16,17,18). The second-order valence-electron chi connectivity index (χ2n) is 5.84. The van der Waals surface area contributed by atoms with Gasteiger partial charge in [0.1, 0.15) is 0 Å². The summed E-state index contributed by atoms with van der Waals surface area (Å²) in [5.74, 6) is -2.09. The molecule has 3 fully saturated rings. The summed E-state index contributed by atoms with van der Waals surface area (Å²) in [4.78, 5) is 12.1. The molecule has 2 bridgehead atoms. The minimum atomic E-state index is -5.74. The highest BCUT2D eigenvalue weighted by Crippen LogP contribution is 2.60. The molecule has 0 spiro atoms. The zero-order valence-corrected chi connectivity index (χ0v) is 12.6. The van der Waals surface area contributed by atoms with Crippen LogP contribution < -0.4 is 0 Å². The van der Waals surface area contributed by atoms with Crippen LogP contribution in [0.25, 0.3) is 0 Å². The predicted molar refractivity (Wildman–Crippen MR) is 64.8 cm³/mol. The van der Waals surface area contributed by atoms with Crippen molar-refractivity contribution in [2.24, 2.45) is 11.8 Å². The van der Waals surface area contributed by atoms with Crippen LogP contribution in [0.1, 0.15) is 19.3 Å². The Morgan fingerprint density at radius 1 is 1.41 bits per heavy atom. The van der Waals surface area contributed by atoms with E-state index in [2.05, 4.69) is 4.74 Å². The summed E-state index contributed by atoms with van der Waals surface area (Å²) in [6, 6.07) is 0. The fourth-order valence-corrected chi connectivity index (χ4v) is 5.88. The number of alkyl halides is 2. The Morgan fingerprint density at radius 2 is 2.05 bits per heavy atom. The van der Waals surface area contributed by atoms with Gasteiger partial charge in [0.15, 0.2) is 12.2 Å². The first-order valence-electron chi connectivity index (χ1n) is 6.36. The van der Waals surface area contributed by atoms with E-state index in [0.717, 1.165) is 0 Å². The fraction of sp³-hybridized carbons (Fsp3) is 0.900. The van der Waals surface area contributed by atoms with Crippen molar-refractivity contribution in [1.29, 1.82) is 0 Å². The van der Waals surface area contributed by atoms with Crippen LogP contribution in [0.5, 0.6) is 0 Å². The Labute approximate surface area is 124 Å². The molecule has 22 heavy (non-hydrogen) atoms. The molecule has 4 atom stereocenters. The highest BCUT2D eigenvalue weighted by atomic mass is 32.2. The minimum Gasteiger partial charge on any atom is -0.456 e. The molecule has 8 nitrogen and oxygen atoms in total. The lowest BCUT2D eigenvalue weighted by atomic mass is 9.84. The zero-order chi connectivity index (χ0) is 16.6. The summed E-state index contributed by atoms with van der Waals surface area (Å²) >= 11 is 0. The number of esters is 1. The summed E-state index contributed by atoms with van der Waals surface area (Å²) in [7, 11) is -9.71. The van der Waals surface area contributed by atoms with Gasteiger partial charge in [-0.25, -0.2) is 4.79 Å². The van der Waals surface area contributed by atoms with Gasteiger partial charge in [-0.15, -0.1) is 0 Å². The molecule has 1 heterocycles. The Balaban J connectivity index is 1.80. The summed E-state index contributed by atoms with van der Waals surface area (Å²) in [5, 5.41) is -5.53. The van der Waals surface area contributed by atoms with E-state index in [1.807, 2.05) is 0 Å². The average Bonchev–Trinajstić information content (AvgIpc) is 2.94. The second kappa shape index (κ2) is 4.36. The number of hydrogen-bond acceptors (Lipinski definition) is 7. The third-order valence-corrected chi connectivity index (χ3v) is 7.19. The third-order valence-electron chi connectivity index (χ3n) is 4.52. The maximum absolute atomic E-state index is 13.1. The smallest absolute Gasteiger partial charge is 0.402 e. The van der Waals surface area contributed by atoms with Crippen LogP contribution in [0.2, 0.25) is 0 Å². The SMILES string of the molecule is O=C(OCC(F)(F)S(=O)(=O)O)C12CC3CC1C(C3)S(=O)(=O)O2. The van der Waals surface area contributed by atoms with Gasteiger partial charge >= 0.3 is 21.3 Å². The molecule has 0 aromatic heterocycles. The van der Waals surface area contributed by atoms with Gasteiger partial charge in [-0.05, 0) is 25.2 Å². The second-order valence-corrected chi connectivity index (χ2v) is 9.15. The van der Waals surface area contributed by atoms with E-state index >= 15 is 0 Å². The van der Waals surface area contributed by atoms with E-state index in [1.165, 1.54) is 0 Å². The monoisotopic (exact) mass is 362 g/mol. The summed E-state index contributed by atoms with van der Waals surface area (Å²) in [6.45, 7) is -1.90. The van der Waals surface area contributed by atoms with Crippen LogP contribution in [0.3, 0.4) is 0 Å². The molecule has 0 radical (unpaired) electrons. The lowest BCUT2D eigenvalue weighted by Gasteiger charge is -2.27. The molecular weight excluding hydrogens is 350 g/mol. The number of rotatable bonds is 4. The maximum atomic E-state index is 13.1. The van der Waals surface area contributed by atoms with E-state index in [0.29, 0.717) is 12.8 Å². The number of carbonyl (C=O) groups excluding carboxylic acids is 1. The highest BCUT2D eigenvalue weighted by molar-refractivity contribution is 7.87. The zero-order valence-electron chi connectivity index (χ0n) is 10.9. The normalized spacial score (nSPS) is 39.1. The van der Waals surface area contributed by atoms with Crippen LogP contribution >= 0.6 is 0 Å². The summed E-state index contributed by atoms with van der Waals surface area (Å²) in [6.07, 6.45) is 0.792. The van der Waals surface area contributed by atoms with E-state index in [1.54, 1.807) is 0 Å². The number of fused-ring (bicyclic) bond motifs is 1. The van der Waals surface area contributed by atoms with Crippen molar-refractivity contribution < 1.29 is 43.9 Å². The maximum Gasteiger partial charge on any atom is 0.402 e. The van der Waals surface area contributed by atoms with Crippen LogP contribution in [-0.4, -0.2) is 50.1 Å². The molecule has 0 aromatic rings. The van der Waals surface area contributed by atoms with Gasteiger partial charge in [0.2, 0.25) is 0 Å². The molecule has 3 rings (SSSR count). The molecule has 126 valence electrons. The van der Waals surface area contributed by atoms with Gasteiger partial charge in [-0.3, -0.25) is 8.74 Å². The third kappa shape index (κ3) is 2.07. The van der Waals surface area contributed by atoms with Crippen molar-refractivity contribution in [3.8, 4) is 0 Å². The Bertz CT molecular complexity index is 730. The molecule has 1 saturated heterocycles. The molecular formula is C10H12F2O8S2. The first-order valence-corrected chi connectivity index (χ1v) is 9.27. The average molecular weight is 362 g/mol. The lowest BCUT2D eigenvalue weighted by molar-refractivity contribution is -0.169. The number of halogens is 2. The van der Waals surface area contributed by atoms with Gasteiger partial charge in [0.05, 0.1) is 5.25 Å². The Morgan fingerprint density at radius 3 is 2.59 bits per heavy atom. The molecule has 3 aliphatic rings. The van der Waals surface area contributed by atoms with E-state index in [-0.39, 0.29) is 12.3 Å². The van der Waals surface area contributed by atoms with E-state index < -0.39 is 54.8 Å². The van der Waals surface area contributed by atoms with E-state index in [9.17, 15) is 30.4 Å². The predicted octanol–water partition coefficient (Wildman–Crippen LogP) is -0.0925. The van der Waals surface area contributed by atoms with Gasteiger partial charge < -0.3 is 4.74 Å². The van der Waals surface area contributed by atoms with Crippen molar-refractivity contribution in [2.75, 3.05) is 6.61 Å². The quantitative estimate of drug-likeness (QED) is 0.418. The van der Waals surface area contributed by atoms with Crippen LogP contribution in [0, 0.1) is 11.8 Å². The van der Waals surface area contributed by atoms with Crippen molar-refractivity contribution in [3.05, 3.63) is 0 Å². The van der Waals surface area contributed by atoms with Crippen molar-refractivity contribution in [3.63, 3.8) is 0 Å². The van der Waals surface area contributed by atoms with Crippen LogP contribution in [0.4, 0.5) is 8.78 Å². The molecule has 12 heteroatoms. The highest BCUT2D eigenvalue weighted by Gasteiger charge is 2.72. The van der Waals surface area contributed by atoms with Crippen molar-refractivity contribution >= 4 is 26.2 Å². The molecule has 0 amide bonds. The number of carbonyl (C=O) groups is 1. The fourth-order valence-electron chi connectivity index (χ4n) is 3.64. The number of hydrogen-bond donors (Lipinski definition) is 1. The molecule has 1 aliphatic heterocycles. The number of ether oxygens (including phenoxy) is 1. The van der Waals surface area contributed by atoms with Crippen LogP contribution in [-0.2, 0) is 34.0 Å². The largest absolute Gasteiger partial charge is 0.456 e. The van der Waals surface area contributed by atoms with Crippen molar-refractivity contribution in [2.45, 2.75) is 35.4 Å². The molecule has 0 aromatic carbocycles. The molecule has 4 unspecified atom stereocenters. The Hall–Kier alpha value is -0.850. The minimum absolute atomic E-state index is 0.0314. The topological polar surface area (TPSA) is 124 Å². The molecule has 2 saturated carbocycles. The first-order chi connectivity index (χ1) is 9.89. The molecule has 2 aliphatic carbocycles. The van der Waals surface area contributed by atoms with Gasteiger partial charge in [-0.2, -0.15) is 25.6 Å². The van der Waals surface area contributed by atoms with Crippen LogP contribution in [0.15, 0.2) is 0 Å². The summed E-state index contributed by atoms with van der Waals surface area (Å²) < 4.78 is 88.2. The van der Waals surface area contributed by atoms with Gasteiger partial charge in [0, 0.05) is 5.92 Å². The van der Waals surface area contributed by atoms with Crippen molar-refractivity contribution in [1.82, 2.24) is 0 Å².